The molecule has 0 bridgehead atoms. The molecule has 0 aliphatic carbocycles. The van der Waals surface area contributed by atoms with E-state index in [1.807, 2.05) is 11.3 Å². The van der Waals surface area contributed by atoms with Crippen molar-refractivity contribution in [2.45, 2.75) is 33.4 Å². The minimum absolute atomic E-state index is 0.178. The van der Waals surface area contributed by atoms with E-state index in [-0.39, 0.29) is 5.41 Å². The van der Waals surface area contributed by atoms with E-state index in [9.17, 15) is 0 Å². The van der Waals surface area contributed by atoms with Crippen molar-refractivity contribution >= 4 is 34.0 Å². The Morgan fingerprint density at radius 1 is 1.09 bits per heavy atom. The zero-order valence-electron chi connectivity index (χ0n) is 13.0. The van der Waals surface area contributed by atoms with Crippen LogP contribution in [-0.4, -0.2) is 4.98 Å². The van der Waals surface area contributed by atoms with Gasteiger partial charge in [0.15, 0.2) is 0 Å². The third-order valence-electron chi connectivity index (χ3n) is 3.46. The van der Waals surface area contributed by atoms with Crippen molar-refractivity contribution in [1.82, 2.24) is 10.3 Å². The Kier molecular flexibility index (Phi) is 4.78. The Hall–Kier alpha value is -1.01. The topological polar surface area (TPSA) is 24.9 Å². The molecule has 0 amide bonds. The number of aromatic nitrogens is 1. The zero-order valence-corrected chi connectivity index (χ0v) is 15.4. The Morgan fingerprint density at radius 3 is 2.50 bits per heavy atom. The molecule has 5 heteroatoms. The smallest absolute Gasteiger partial charge is 0.133 e. The van der Waals surface area contributed by atoms with Gasteiger partial charge >= 0.3 is 0 Å². The predicted molar refractivity (Wildman–Crippen MR) is 98.8 cm³/mol. The molecule has 1 atom stereocenters. The highest BCUT2D eigenvalue weighted by Crippen LogP contribution is 2.35. The van der Waals surface area contributed by atoms with Crippen molar-refractivity contribution in [3.8, 4) is 9.88 Å². The maximum atomic E-state index is 4.76. The molecule has 0 spiro atoms. The molecule has 3 rings (SSSR count). The van der Waals surface area contributed by atoms with Crippen LogP contribution in [0.3, 0.4) is 0 Å². The van der Waals surface area contributed by atoms with Gasteiger partial charge in [-0.05, 0) is 28.3 Å². The summed E-state index contributed by atoms with van der Waals surface area (Å²) < 4.78 is 0. The second-order valence-electron chi connectivity index (χ2n) is 6.32. The predicted octanol–water partition coefficient (Wildman–Crippen LogP) is 5.81. The fourth-order valence-corrected chi connectivity index (χ4v) is 5.08. The lowest BCUT2D eigenvalue weighted by Gasteiger charge is -2.30. The zero-order chi connectivity index (χ0) is 15.6. The molecule has 0 aliphatic rings. The van der Waals surface area contributed by atoms with Crippen LogP contribution in [0.25, 0.3) is 9.88 Å². The highest BCUT2D eigenvalue weighted by atomic mass is 32.1. The molecule has 3 aromatic heterocycles. The van der Waals surface area contributed by atoms with Crippen LogP contribution in [-0.2, 0) is 6.54 Å². The first-order valence-corrected chi connectivity index (χ1v) is 9.93. The largest absolute Gasteiger partial charge is 0.303 e. The van der Waals surface area contributed by atoms with Crippen molar-refractivity contribution < 1.29 is 0 Å². The van der Waals surface area contributed by atoms with Gasteiger partial charge in [-0.1, -0.05) is 32.9 Å². The molecule has 0 radical (unpaired) electrons. The minimum Gasteiger partial charge on any atom is -0.303 e. The average Bonchev–Trinajstić information content (AvgIpc) is 3.20. The van der Waals surface area contributed by atoms with Gasteiger partial charge in [-0.2, -0.15) is 0 Å². The lowest BCUT2D eigenvalue weighted by Crippen LogP contribution is -2.31. The highest BCUT2D eigenvalue weighted by molar-refractivity contribution is 7.20. The van der Waals surface area contributed by atoms with E-state index >= 15 is 0 Å². The lowest BCUT2D eigenvalue weighted by atomic mass is 9.86. The molecule has 0 aliphatic heterocycles. The van der Waals surface area contributed by atoms with Crippen molar-refractivity contribution in [3.63, 3.8) is 0 Å². The summed E-state index contributed by atoms with van der Waals surface area (Å²) >= 11 is 5.29. The monoisotopic (exact) mass is 348 g/mol. The molecule has 3 heterocycles. The van der Waals surface area contributed by atoms with E-state index in [2.05, 4.69) is 66.5 Å². The fraction of sp³-hybridized carbons (Fsp3) is 0.353. The van der Waals surface area contributed by atoms with Gasteiger partial charge in [0.2, 0.25) is 0 Å². The third kappa shape index (κ3) is 3.66. The van der Waals surface area contributed by atoms with E-state index in [1.165, 1.54) is 9.75 Å². The molecule has 2 nitrogen and oxygen atoms in total. The molecule has 0 aromatic carbocycles. The first-order valence-electron chi connectivity index (χ1n) is 7.29. The molecule has 0 saturated heterocycles. The van der Waals surface area contributed by atoms with Gasteiger partial charge in [-0.3, -0.25) is 0 Å². The number of nitrogens with zero attached hydrogens (tertiary/aromatic N) is 1. The molecule has 0 saturated carbocycles. The molecular formula is C17H20N2S3. The first kappa shape index (κ1) is 15.9. The van der Waals surface area contributed by atoms with Crippen molar-refractivity contribution in [1.29, 1.82) is 0 Å². The van der Waals surface area contributed by atoms with Gasteiger partial charge < -0.3 is 5.32 Å². The highest BCUT2D eigenvalue weighted by Gasteiger charge is 2.26. The van der Waals surface area contributed by atoms with Crippen molar-refractivity contribution in [2.24, 2.45) is 5.41 Å². The normalized spacial score (nSPS) is 13.4. The molecule has 0 fully saturated rings. The van der Waals surface area contributed by atoms with E-state index in [0.717, 1.165) is 17.2 Å². The molecule has 22 heavy (non-hydrogen) atoms. The number of hydrogen-bond acceptors (Lipinski definition) is 5. The van der Waals surface area contributed by atoms with Crippen molar-refractivity contribution in [3.05, 3.63) is 51.0 Å². The van der Waals surface area contributed by atoms with Crippen LogP contribution in [0.5, 0.6) is 0 Å². The van der Waals surface area contributed by atoms with Gasteiger partial charge in [0, 0.05) is 22.8 Å². The summed E-state index contributed by atoms with van der Waals surface area (Å²) in [7, 11) is 0. The molecule has 3 aromatic rings. The summed E-state index contributed by atoms with van der Waals surface area (Å²) in [6, 6.07) is 8.89. The molecule has 116 valence electrons. The maximum absolute atomic E-state index is 4.76. The Morgan fingerprint density at radius 2 is 1.86 bits per heavy atom. The van der Waals surface area contributed by atoms with Crippen LogP contribution in [0.2, 0.25) is 0 Å². The summed E-state index contributed by atoms with van der Waals surface area (Å²) in [4.78, 5) is 7.40. The van der Waals surface area contributed by atoms with Gasteiger partial charge in [-0.15, -0.1) is 34.0 Å². The Balaban J connectivity index is 1.70. The number of rotatable bonds is 5. The Bertz CT molecular complexity index is 691. The van der Waals surface area contributed by atoms with Crippen LogP contribution >= 0.6 is 34.0 Å². The van der Waals surface area contributed by atoms with Crippen LogP contribution in [0.4, 0.5) is 0 Å². The summed E-state index contributed by atoms with van der Waals surface area (Å²) in [6.07, 6.45) is 0. The minimum atomic E-state index is 0.178. The van der Waals surface area contributed by atoms with Gasteiger partial charge in [0.1, 0.15) is 5.01 Å². The van der Waals surface area contributed by atoms with Gasteiger partial charge in [-0.25, -0.2) is 4.98 Å². The summed E-state index contributed by atoms with van der Waals surface area (Å²) in [6.45, 7) is 7.65. The second kappa shape index (κ2) is 6.62. The van der Waals surface area contributed by atoms with Crippen LogP contribution in [0.1, 0.15) is 37.4 Å². The van der Waals surface area contributed by atoms with E-state index in [1.54, 1.807) is 22.7 Å². The number of thiophene rings is 2. The maximum Gasteiger partial charge on any atom is 0.133 e. The Labute approximate surface area is 143 Å². The first-order chi connectivity index (χ1) is 10.5. The summed E-state index contributed by atoms with van der Waals surface area (Å²) in [5.41, 5.74) is 1.30. The van der Waals surface area contributed by atoms with Crippen LogP contribution in [0.15, 0.2) is 40.4 Å². The average molecular weight is 349 g/mol. The number of nitrogens with one attached hydrogen (secondary N) is 1. The SMILES string of the molecule is CC(C)(C)C(NCc1csc(-c2cccs2)n1)c1cccs1. The fourth-order valence-electron chi connectivity index (χ4n) is 2.40. The standard InChI is InChI=1S/C17H20N2S3/c1-17(2,3)15(13-6-4-8-20-13)18-10-12-11-22-16(19-12)14-7-5-9-21-14/h4-9,11,15,18H,10H2,1-3H3. The van der Waals surface area contributed by atoms with Crippen molar-refractivity contribution in [2.75, 3.05) is 0 Å². The second-order valence-corrected chi connectivity index (χ2v) is 9.10. The lowest BCUT2D eigenvalue weighted by molar-refractivity contribution is 0.274. The van der Waals surface area contributed by atoms with E-state index < -0.39 is 0 Å². The van der Waals surface area contributed by atoms with Crippen LogP contribution in [0, 0.1) is 5.41 Å². The quantitative estimate of drug-likeness (QED) is 0.629. The van der Waals surface area contributed by atoms with E-state index in [0.29, 0.717) is 6.04 Å². The van der Waals surface area contributed by atoms with Gasteiger partial charge in [0.05, 0.1) is 10.6 Å². The van der Waals surface area contributed by atoms with Gasteiger partial charge in [0.25, 0.3) is 0 Å². The van der Waals surface area contributed by atoms with E-state index in [4.69, 9.17) is 4.98 Å². The molecular weight excluding hydrogens is 328 g/mol. The van der Waals surface area contributed by atoms with Crippen LogP contribution < -0.4 is 5.32 Å². The molecule has 1 unspecified atom stereocenters. The number of thiazole rings is 1. The summed E-state index contributed by atoms with van der Waals surface area (Å²) in [5, 5.41) is 11.2. The molecule has 1 N–H and O–H groups in total. The summed E-state index contributed by atoms with van der Waals surface area (Å²) in [5.74, 6) is 0. The number of hydrogen-bond donors (Lipinski definition) is 1. The third-order valence-corrected chi connectivity index (χ3v) is 6.33.